The van der Waals surface area contributed by atoms with Gasteiger partial charge in [0, 0.05) is 30.3 Å². The lowest BCUT2D eigenvalue weighted by atomic mass is 9.89. The molecule has 1 N–H and O–H groups in total. The lowest BCUT2D eigenvalue weighted by molar-refractivity contribution is -0.120. The standard InChI is InChI=1S/C22H27N3O3/c1-22(2,3)28-21(27)25-11-10-17-12-19(9-8-18(17)14-25)24-20(26)16-6-4-15(13-23)5-7-16/h4,8-9,12,16H,5-7,10-11,14H2,1-3H3,(H,24,26). The molecule has 28 heavy (non-hydrogen) atoms. The van der Waals surface area contributed by atoms with E-state index in [1.807, 2.05) is 45.0 Å². The number of ether oxygens (including phenoxy) is 1. The summed E-state index contributed by atoms with van der Waals surface area (Å²) >= 11 is 0. The average molecular weight is 381 g/mol. The van der Waals surface area contributed by atoms with E-state index in [1.54, 1.807) is 4.90 Å². The molecule has 1 heterocycles. The van der Waals surface area contributed by atoms with Crippen molar-refractivity contribution >= 4 is 17.7 Å². The molecule has 1 aliphatic heterocycles. The first-order valence-electron chi connectivity index (χ1n) is 9.75. The van der Waals surface area contributed by atoms with Crippen molar-refractivity contribution in [1.29, 1.82) is 5.26 Å². The summed E-state index contributed by atoms with van der Waals surface area (Å²) in [6.07, 6.45) is 4.30. The number of hydrogen-bond acceptors (Lipinski definition) is 4. The Balaban J connectivity index is 1.61. The van der Waals surface area contributed by atoms with Gasteiger partial charge in [0.25, 0.3) is 0 Å². The molecule has 1 aromatic carbocycles. The molecule has 3 rings (SSSR count). The van der Waals surface area contributed by atoms with Crippen molar-refractivity contribution in [2.75, 3.05) is 11.9 Å². The zero-order valence-electron chi connectivity index (χ0n) is 16.7. The van der Waals surface area contributed by atoms with Gasteiger partial charge in [0.1, 0.15) is 5.60 Å². The van der Waals surface area contributed by atoms with Gasteiger partial charge in [0.05, 0.1) is 6.07 Å². The van der Waals surface area contributed by atoms with Crippen LogP contribution in [0.4, 0.5) is 10.5 Å². The molecule has 1 aliphatic carbocycles. The molecule has 1 unspecified atom stereocenters. The van der Waals surface area contributed by atoms with Crippen LogP contribution >= 0.6 is 0 Å². The van der Waals surface area contributed by atoms with Gasteiger partial charge in [-0.1, -0.05) is 12.1 Å². The predicted octanol–water partition coefficient (Wildman–Crippen LogP) is 4.17. The SMILES string of the molecule is CC(C)(C)OC(=O)N1CCc2cc(NC(=O)C3CC=C(C#N)CC3)ccc2C1. The summed E-state index contributed by atoms with van der Waals surface area (Å²) in [6.45, 7) is 6.70. The van der Waals surface area contributed by atoms with E-state index in [1.165, 1.54) is 0 Å². The second kappa shape index (κ2) is 8.05. The van der Waals surface area contributed by atoms with Crippen molar-refractivity contribution in [2.24, 2.45) is 5.92 Å². The molecule has 2 aliphatic rings. The van der Waals surface area contributed by atoms with Crippen molar-refractivity contribution in [3.8, 4) is 6.07 Å². The highest BCUT2D eigenvalue weighted by Gasteiger charge is 2.26. The Bertz CT molecular complexity index is 846. The number of allylic oxidation sites excluding steroid dienone is 2. The fourth-order valence-corrected chi connectivity index (χ4v) is 3.53. The first-order valence-corrected chi connectivity index (χ1v) is 9.75. The minimum atomic E-state index is -0.506. The molecule has 0 fully saturated rings. The van der Waals surface area contributed by atoms with E-state index in [0.717, 1.165) is 28.8 Å². The van der Waals surface area contributed by atoms with Gasteiger partial charge in [0.2, 0.25) is 5.91 Å². The summed E-state index contributed by atoms with van der Waals surface area (Å²) in [6, 6.07) is 8.01. The summed E-state index contributed by atoms with van der Waals surface area (Å²) in [5, 5.41) is 11.9. The molecular formula is C22H27N3O3. The number of carbonyl (C=O) groups excluding carboxylic acids is 2. The van der Waals surface area contributed by atoms with Crippen LogP contribution in [0, 0.1) is 17.2 Å². The summed E-state index contributed by atoms with van der Waals surface area (Å²) < 4.78 is 5.46. The number of nitrogens with zero attached hydrogens (tertiary/aromatic N) is 2. The Morgan fingerprint density at radius 1 is 1.25 bits per heavy atom. The van der Waals surface area contributed by atoms with Gasteiger partial charge in [-0.2, -0.15) is 5.26 Å². The Kier molecular flexibility index (Phi) is 5.73. The highest BCUT2D eigenvalue weighted by Crippen LogP contribution is 2.27. The summed E-state index contributed by atoms with van der Waals surface area (Å²) in [7, 11) is 0. The highest BCUT2D eigenvalue weighted by molar-refractivity contribution is 5.93. The summed E-state index contributed by atoms with van der Waals surface area (Å²) in [5.41, 5.74) is 3.27. The van der Waals surface area contributed by atoms with Crippen LogP contribution in [0.25, 0.3) is 0 Å². The topological polar surface area (TPSA) is 82.4 Å². The number of rotatable bonds is 2. The van der Waals surface area contributed by atoms with E-state index in [9.17, 15) is 9.59 Å². The van der Waals surface area contributed by atoms with Crippen LogP contribution in [0.5, 0.6) is 0 Å². The second-order valence-corrected chi connectivity index (χ2v) is 8.44. The molecule has 1 atom stereocenters. The Morgan fingerprint density at radius 3 is 2.68 bits per heavy atom. The van der Waals surface area contributed by atoms with Crippen molar-refractivity contribution in [2.45, 2.75) is 58.6 Å². The van der Waals surface area contributed by atoms with Crippen LogP contribution in [-0.4, -0.2) is 29.0 Å². The molecule has 0 saturated heterocycles. The van der Waals surface area contributed by atoms with Crippen LogP contribution in [-0.2, 0) is 22.5 Å². The maximum absolute atomic E-state index is 12.5. The van der Waals surface area contributed by atoms with Crippen LogP contribution in [0.3, 0.4) is 0 Å². The molecule has 2 amide bonds. The fourth-order valence-electron chi connectivity index (χ4n) is 3.53. The molecule has 6 nitrogen and oxygen atoms in total. The summed E-state index contributed by atoms with van der Waals surface area (Å²) in [4.78, 5) is 26.5. The van der Waals surface area contributed by atoms with E-state index in [4.69, 9.17) is 10.00 Å². The van der Waals surface area contributed by atoms with Gasteiger partial charge in [-0.25, -0.2) is 4.79 Å². The number of nitriles is 1. The number of hydrogen-bond donors (Lipinski definition) is 1. The van der Waals surface area contributed by atoms with E-state index >= 15 is 0 Å². The maximum Gasteiger partial charge on any atom is 0.410 e. The fraction of sp³-hybridized carbons (Fsp3) is 0.500. The first-order chi connectivity index (χ1) is 13.2. The quantitative estimate of drug-likeness (QED) is 0.833. The van der Waals surface area contributed by atoms with E-state index in [2.05, 4.69) is 11.4 Å². The largest absolute Gasteiger partial charge is 0.444 e. The molecule has 0 spiro atoms. The van der Waals surface area contributed by atoms with Gasteiger partial charge in [0.15, 0.2) is 0 Å². The monoisotopic (exact) mass is 381 g/mol. The van der Waals surface area contributed by atoms with Crippen LogP contribution in [0.2, 0.25) is 0 Å². The second-order valence-electron chi connectivity index (χ2n) is 8.44. The summed E-state index contributed by atoms with van der Waals surface area (Å²) in [5.74, 6) is -0.0878. The third-order valence-corrected chi connectivity index (χ3v) is 5.06. The predicted molar refractivity (Wildman–Crippen MR) is 106 cm³/mol. The average Bonchev–Trinajstić information content (AvgIpc) is 2.66. The number of benzene rings is 1. The van der Waals surface area contributed by atoms with Gasteiger partial charge >= 0.3 is 6.09 Å². The number of amides is 2. The number of nitrogens with one attached hydrogen (secondary N) is 1. The van der Waals surface area contributed by atoms with Crippen LogP contribution < -0.4 is 5.32 Å². The van der Waals surface area contributed by atoms with E-state index in [-0.39, 0.29) is 17.9 Å². The van der Waals surface area contributed by atoms with Gasteiger partial charge in [-0.05, 0) is 69.7 Å². The zero-order valence-corrected chi connectivity index (χ0v) is 16.7. The van der Waals surface area contributed by atoms with E-state index in [0.29, 0.717) is 32.4 Å². The van der Waals surface area contributed by atoms with Gasteiger partial charge in [-0.15, -0.1) is 0 Å². The minimum Gasteiger partial charge on any atom is -0.444 e. The minimum absolute atomic E-state index is 0.000573. The first kappa shape index (κ1) is 19.9. The van der Waals surface area contributed by atoms with Crippen molar-refractivity contribution in [3.05, 3.63) is 41.0 Å². The highest BCUT2D eigenvalue weighted by atomic mass is 16.6. The van der Waals surface area contributed by atoms with Gasteiger partial charge in [-0.3, -0.25) is 4.79 Å². The van der Waals surface area contributed by atoms with Crippen molar-refractivity contribution in [3.63, 3.8) is 0 Å². The lowest BCUT2D eigenvalue weighted by Crippen LogP contribution is -2.39. The normalized spacial score (nSPS) is 19.1. The zero-order chi connectivity index (χ0) is 20.3. The van der Waals surface area contributed by atoms with Gasteiger partial charge < -0.3 is 15.0 Å². The molecule has 0 radical (unpaired) electrons. The molecule has 0 saturated carbocycles. The Labute approximate surface area is 166 Å². The maximum atomic E-state index is 12.5. The number of fused-ring (bicyclic) bond motifs is 1. The molecule has 1 aromatic rings. The van der Waals surface area contributed by atoms with E-state index < -0.39 is 5.60 Å². The van der Waals surface area contributed by atoms with Crippen LogP contribution in [0.15, 0.2) is 29.8 Å². The number of anilines is 1. The number of carbonyl (C=O) groups is 2. The molecular weight excluding hydrogens is 354 g/mol. The third kappa shape index (κ3) is 4.92. The Morgan fingerprint density at radius 2 is 2.04 bits per heavy atom. The molecule has 6 heteroatoms. The third-order valence-electron chi connectivity index (χ3n) is 5.06. The Hall–Kier alpha value is -2.81. The smallest absolute Gasteiger partial charge is 0.410 e. The van der Waals surface area contributed by atoms with Crippen molar-refractivity contribution < 1.29 is 14.3 Å². The molecule has 148 valence electrons. The molecule has 0 aromatic heterocycles. The molecule has 0 bridgehead atoms. The lowest BCUT2D eigenvalue weighted by Gasteiger charge is -2.31. The van der Waals surface area contributed by atoms with Crippen molar-refractivity contribution in [1.82, 2.24) is 4.90 Å². The van der Waals surface area contributed by atoms with Crippen LogP contribution in [0.1, 0.15) is 51.2 Å².